The molecule has 0 fully saturated rings. The van der Waals surface area contributed by atoms with E-state index in [4.69, 9.17) is 23.2 Å². The van der Waals surface area contributed by atoms with Crippen molar-refractivity contribution in [3.05, 3.63) is 93.0 Å². The molecule has 1 N–H and O–H groups in total. The molecule has 1 unspecified atom stereocenters. The van der Waals surface area contributed by atoms with Gasteiger partial charge in [0.05, 0.1) is 20.6 Å². The van der Waals surface area contributed by atoms with Gasteiger partial charge in [0.1, 0.15) is 12.6 Å². The third-order valence-corrected chi connectivity index (χ3v) is 8.91. The number of sulfonamides is 1. The number of amides is 2. The van der Waals surface area contributed by atoms with E-state index in [0.717, 1.165) is 21.0 Å². The zero-order chi connectivity index (χ0) is 30.7. The molecular formula is C31H37Cl2N3O4S. The minimum Gasteiger partial charge on any atom is -0.350 e. The molecule has 0 spiro atoms. The highest BCUT2D eigenvalue weighted by Crippen LogP contribution is 2.28. The van der Waals surface area contributed by atoms with Crippen molar-refractivity contribution in [3.8, 4) is 0 Å². The number of anilines is 1. The van der Waals surface area contributed by atoms with Crippen molar-refractivity contribution >= 4 is 50.7 Å². The first kappa shape index (κ1) is 32.4. The molecule has 0 aliphatic heterocycles. The Morgan fingerprint density at radius 1 is 0.854 bits per heavy atom. The SMILES string of the molecule is Cc1ccc(S(=O)(=O)N(CC(=O)N(Cc2ccc(Cl)c(Cl)c2)C(C)C(=O)NC(C)(C)C)c2cc(C)cc(C)c2)cc1. The van der Waals surface area contributed by atoms with E-state index >= 15 is 0 Å². The Hall–Kier alpha value is -3.07. The third kappa shape index (κ3) is 8.47. The Morgan fingerprint density at radius 3 is 1.98 bits per heavy atom. The van der Waals surface area contributed by atoms with E-state index in [1.54, 1.807) is 49.4 Å². The second-order valence-electron chi connectivity index (χ2n) is 11.4. The number of nitrogens with one attached hydrogen (secondary N) is 1. The largest absolute Gasteiger partial charge is 0.350 e. The van der Waals surface area contributed by atoms with Crippen molar-refractivity contribution in [2.75, 3.05) is 10.8 Å². The van der Waals surface area contributed by atoms with Gasteiger partial charge in [-0.3, -0.25) is 13.9 Å². The quantitative estimate of drug-likeness (QED) is 0.299. The average molecular weight is 619 g/mol. The number of halogens is 2. The highest BCUT2D eigenvalue weighted by Gasteiger charge is 2.33. The molecule has 3 aromatic rings. The molecular weight excluding hydrogens is 581 g/mol. The molecule has 10 heteroatoms. The van der Waals surface area contributed by atoms with Gasteiger partial charge in [0.15, 0.2) is 0 Å². The number of carbonyl (C=O) groups excluding carboxylic acids is 2. The maximum atomic E-state index is 14.1. The van der Waals surface area contributed by atoms with E-state index in [2.05, 4.69) is 5.32 Å². The van der Waals surface area contributed by atoms with E-state index in [-0.39, 0.29) is 17.3 Å². The van der Waals surface area contributed by atoms with Gasteiger partial charge < -0.3 is 10.2 Å². The summed E-state index contributed by atoms with van der Waals surface area (Å²) in [6, 6.07) is 15.9. The summed E-state index contributed by atoms with van der Waals surface area (Å²) in [5, 5.41) is 3.58. The topological polar surface area (TPSA) is 86.8 Å². The van der Waals surface area contributed by atoms with Crippen LogP contribution >= 0.6 is 23.2 Å². The number of nitrogens with zero attached hydrogens (tertiary/aromatic N) is 2. The maximum absolute atomic E-state index is 14.1. The van der Waals surface area contributed by atoms with Crippen LogP contribution in [-0.2, 0) is 26.2 Å². The molecule has 0 aliphatic rings. The second kappa shape index (κ2) is 12.8. The number of rotatable bonds is 9. The van der Waals surface area contributed by atoms with Crippen molar-refractivity contribution in [2.24, 2.45) is 0 Å². The standard InChI is InChI=1S/C31H37Cl2N3O4S/c1-20-8-11-26(12-9-20)41(39,40)36(25-15-21(2)14-22(3)16-25)19-29(37)35(23(4)30(38)34-31(5,6)7)18-24-10-13-27(32)28(33)17-24/h8-17,23H,18-19H2,1-7H3,(H,34,38). The van der Waals surface area contributed by atoms with Crippen LogP contribution in [0.2, 0.25) is 10.0 Å². The minimum atomic E-state index is -4.15. The molecule has 0 radical (unpaired) electrons. The van der Waals surface area contributed by atoms with Gasteiger partial charge >= 0.3 is 0 Å². The Kier molecular flexibility index (Phi) is 10.2. The number of hydrogen-bond acceptors (Lipinski definition) is 4. The third-order valence-electron chi connectivity index (χ3n) is 6.38. The molecule has 3 aromatic carbocycles. The monoisotopic (exact) mass is 617 g/mol. The van der Waals surface area contributed by atoms with Crippen LogP contribution < -0.4 is 9.62 Å². The molecule has 0 aromatic heterocycles. The fourth-order valence-electron chi connectivity index (χ4n) is 4.35. The van der Waals surface area contributed by atoms with Crippen LogP contribution in [0.1, 0.15) is 49.9 Å². The van der Waals surface area contributed by atoms with E-state index < -0.39 is 34.1 Å². The lowest BCUT2D eigenvalue weighted by Gasteiger charge is -2.33. The van der Waals surface area contributed by atoms with E-state index in [9.17, 15) is 18.0 Å². The van der Waals surface area contributed by atoms with E-state index in [1.165, 1.54) is 17.0 Å². The van der Waals surface area contributed by atoms with Crippen molar-refractivity contribution in [1.82, 2.24) is 10.2 Å². The van der Waals surface area contributed by atoms with Crippen molar-refractivity contribution < 1.29 is 18.0 Å². The normalized spacial score (nSPS) is 12.5. The Balaban J connectivity index is 2.09. The predicted molar refractivity (Wildman–Crippen MR) is 166 cm³/mol. The van der Waals surface area contributed by atoms with Crippen LogP contribution in [0.3, 0.4) is 0 Å². The molecule has 3 rings (SSSR count). The summed E-state index contributed by atoms with van der Waals surface area (Å²) in [5.41, 5.74) is 3.07. The fourth-order valence-corrected chi connectivity index (χ4v) is 6.07. The van der Waals surface area contributed by atoms with E-state index in [0.29, 0.717) is 21.3 Å². The summed E-state index contributed by atoms with van der Waals surface area (Å²) < 4.78 is 29.1. The molecule has 0 saturated heterocycles. The van der Waals surface area contributed by atoms with Gasteiger partial charge in [0.2, 0.25) is 11.8 Å². The Labute approximate surface area is 253 Å². The van der Waals surface area contributed by atoms with Crippen molar-refractivity contribution in [1.29, 1.82) is 0 Å². The summed E-state index contributed by atoms with van der Waals surface area (Å²) >= 11 is 12.3. The maximum Gasteiger partial charge on any atom is 0.264 e. The highest BCUT2D eigenvalue weighted by molar-refractivity contribution is 7.92. The summed E-state index contributed by atoms with van der Waals surface area (Å²) in [6.45, 7) is 12.2. The zero-order valence-electron chi connectivity index (χ0n) is 24.5. The van der Waals surface area contributed by atoms with Gasteiger partial charge in [0.25, 0.3) is 10.0 Å². The highest BCUT2D eigenvalue weighted by atomic mass is 35.5. The van der Waals surface area contributed by atoms with Crippen molar-refractivity contribution in [2.45, 2.75) is 71.5 Å². The van der Waals surface area contributed by atoms with Crippen LogP contribution in [-0.4, -0.2) is 43.3 Å². The van der Waals surface area contributed by atoms with Crippen LogP contribution in [0.15, 0.2) is 65.6 Å². The molecule has 0 bridgehead atoms. The lowest BCUT2D eigenvalue weighted by atomic mass is 10.1. The van der Waals surface area contributed by atoms with Crippen molar-refractivity contribution in [3.63, 3.8) is 0 Å². The van der Waals surface area contributed by atoms with Crippen LogP contribution in [0.25, 0.3) is 0 Å². The zero-order valence-corrected chi connectivity index (χ0v) is 26.8. The minimum absolute atomic E-state index is 0.0136. The Bertz CT molecular complexity index is 1510. The summed E-state index contributed by atoms with van der Waals surface area (Å²) in [7, 11) is -4.15. The molecule has 220 valence electrons. The Morgan fingerprint density at radius 2 is 1.44 bits per heavy atom. The van der Waals surface area contributed by atoms with Gasteiger partial charge in [-0.15, -0.1) is 0 Å². The van der Waals surface area contributed by atoms with Gasteiger partial charge in [0, 0.05) is 12.1 Å². The first-order chi connectivity index (χ1) is 19.0. The van der Waals surface area contributed by atoms with Gasteiger partial charge in [-0.2, -0.15) is 0 Å². The summed E-state index contributed by atoms with van der Waals surface area (Å²) in [6.07, 6.45) is 0. The van der Waals surface area contributed by atoms with Gasteiger partial charge in [-0.1, -0.05) is 53.0 Å². The molecule has 2 amide bonds. The number of aryl methyl sites for hydroxylation is 3. The lowest BCUT2D eigenvalue weighted by molar-refractivity contribution is -0.140. The lowest BCUT2D eigenvalue weighted by Crippen LogP contribution is -2.54. The molecule has 0 heterocycles. The van der Waals surface area contributed by atoms with Gasteiger partial charge in [-0.05, 0) is 102 Å². The molecule has 0 aliphatic carbocycles. The number of benzene rings is 3. The molecule has 41 heavy (non-hydrogen) atoms. The number of hydrogen-bond donors (Lipinski definition) is 1. The smallest absolute Gasteiger partial charge is 0.264 e. The molecule has 1 atom stereocenters. The van der Waals surface area contributed by atoms with E-state index in [1.807, 2.05) is 47.6 Å². The van der Waals surface area contributed by atoms with Crippen LogP contribution in [0, 0.1) is 20.8 Å². The second-order valence-corrected chi connectivity index (χ2v) is 14.0. The number of carbonyl (C=O) groups is 2. The van der Waals surface area contributed by atoms with Gasteiger partial charge in [-0.25, -0.2) is 8.42 Å². The average Bonchev–Trinajstić information content (AvgIpc) is 2.85. The van der Waals surface area contributed by atoms with Crippen LogP contribution in [0.5, 0.6) is 0 Å². The predicted octanol–water partition coefficient (Wildman–Crippen LogP) is 6.45. The fraction of sp³-hybridized carbons (Fsp3) is 0.355. The molecule has 0 saturated carbocycles. The molecule has 7 nitrogen and oxygen atoms in total. The van der Waals surface area contributed by atoms with Crippen LogP contribution in [0.4, 0.5) is 5.69 Å². The first-order valence-corrected chi connectivity index (χ1v) is 15.4. The summed E-state index contributed by atoms with van der Waals surface area (Å²) in [4.78, 5) is 28.7. The first-order valence-electron chi connectivity index (χ1n) is 13.2. The summed E-state index contributed by atoms with van der Waals surface area (Å²) in [5.74, 6) is -0.923.